The summed E-state index contributed by atoms with van der Waals surface area (Å²) in [7, 11) is 4.18. The van der Waals surface area contributed by atoms with Crippen LogP contribution in [-0.4, -0.2) is 125 Å². The van der Waals surface area contributed by atoms with Gasteiger partial charge in [0.15, 0.2) is 0 Å². The van der Waals surface area contributed by atoms with Crippen LogP contribution in [0.1, 0.15) is 63.5 Å². The molecule has 4 fully saturated rings. The first-order chi connectivity index (χ1) is 29.8. The van der Waals surface area contributed by atoms with Crippen molar-refractivity contribution in [1.29, 1.82) is 0 Å². The summed E-state index contributed by atoms with van der Waals surface area (Å²) in [4.78, 5) is 47.6. The molecule has 2 aromatic carbocycles. The van der Waals surface area contributed by atoms with Crippen LogP contribution in [0.2, 0.25) is 0 Å². The zero-order chi connectivity index (χ0) is 45.6. The van der Waals surface area contributed by atoms with Gasteiger partial charge in [0.1, 0.15) is 22.1 Å². The minimum atomic E-state index is -4.49. The summed E-state index contributed by atoms with van der Waals surface area (Å²) >= 11 is 0. The van der Waals surface area contributed by atoms with E-state index in [1.54, 1.807) is 0 Å². The zero-order valence-corrected chi connectivity index (χ0v) is 36.2. The number of carboxylic acids is 1. The van der Waals surface area contributed by atoms with Crippen LogP contribution in [0.3, 0.4) is 0 Å². The van der Waals surface area contributed by atoms with E-state index in [1.807, 2.05) is 16.7 Å². The number of nitrogens with one attached hydrogen (secondary N) is 1. The smallest absolute Gasteiger partial charge is 0.418 e. The number of carbonyl (C=O) groups is 2. The molecule has 0 radical (unpaired) electrons. The van der Waals surface area contributed by atoms with Gasteiger partial charge >= 0.3 is 18.3 Å². The number of halogens is 6. The van der Waals surface area contributed by atoms with Gasteiger partial charge in [0.2, 0.25) is 5.91 Å². The molecular formula is C44H58F6N10O3. The van der Waals surface area contributed by atoms with Gasteiger partial charge in [0.05, 0.1) is 28.5 Å². The fraction of sp³-hybridized carbons (Fsp3) is 0.591. The minimum Gasteiger partial charge on any atom is -0.481 e. The summed E-state index contributed by atoms with van der Waals surface area (Å²) in [5, 5.41) is 11.7. The maximum absolute atomic E-state index is 13.4. The molecule has 4 aromatic rings. The molecule has 6 heterocycles. The summed E-state index contributed by atoms with van der Waals surface area (Å²) in [6, 6.07) is 5.04. The summed E-state index contributed by atoms with van der Waals surface area (Å²) in [5.41, 5.74) is 5.98. The molecular weight excluding hydrogens is 831 g/mol. The Bertz CT molecular complexity index is 2170. The van der Waals surface area contributed by atoms with E-state index in [1.165, 1.54) is 36.9 Å². The molecule has 0 bridgehead atoms. The third-order valence-electron chi connectivity index (χ3n) is 12.7. The number of carboxylic acid groups (broad SMARTS) is 1. The molecule has 4 aliphatic rings. The van der Waals surface area contributed by atoms with Gasteiger partial charge in [-0.25, -0.2) is 0 Å². The van der Waals surface area contributed by atoms with E-state index in [-0.39, 0.29) is 46.0 Å². The molecule has 0 saturated carbocycles. The third-order valence-corrected chi connectivity index (χ3v) is 12.7. The van der Waals surface area contributed by atoms with Crippen LogP contribution in [0.25, 0.3) is 22.1 Å². The second kappa shape index (κ2) is 20.3. The second-order valence-electron chi connectivity index (χ2n) is 17.7. The van der Waals surface area contributed by atoms with Crippen LogP contribution < -0.4 is 20.9 Å². The van der Waals surface area contributed by atoms with Crippen molar-refractivity contribution in [3.05, 3.63) is 60.2 Å². The Morgan fingerprint density at radius 2 is 1.06 bits per heavy atom. The molecule has 4 N–H and O–H groups in total. The molecule has 0 spiro atoms. The molecule has 4 atom stereocenters. The summed E-state index contributed by atoms with van der Waals surface area (Å²) < 4.78 is 79.3. The van der Waals surface area contributed by atoms with E-state index >= 15 is 0 Å². The molecule has 1 amide bonds. The standard InChI is InChI=1S/C22H28F3N5O.C14H15F3N4.C8H15NO2/c1-14-12-30(13-17(14)28-19(31)11-15-5-9-29(2)10-6-15)18-4-3-16(22(23,24)25)20-21(18)27-8-7-26-20;1-8-6-21(7-10(8)18)11-3-2-9(14(15,16)17)12-13(11)20-5-4-19-12;1-9-4-2-7(3-5-9)6-8(10)11/h3-4,7-8,14-15,17H,5-6,9-13H2,1-2H3,(H,28,31);2-5,8,10H,6-7,18H2,1H3;7H,2-6H2,1H3,(H,10,11)/t14-,17+;8-,10+;/m11./s1. The Morgan fingerprint density at radius 3 is 1.48 bits per heavy atom. The van der Waals surface area contributed by atoms with Crippen molar-refractivity contribution in [1.82, 2.24) is 35.1 Å². The molecule has 63 heavy (non-hydrogen) atoms. The molecule has 0 aliphatic carbocycles. The van der Waals surface area contributed by atoms with E-state index in [9.17, 15) is 35.9 Å². The highest BCUT2D eigenvalue weighted by atomic mass is 19.4. The van der Waals surface area contributed by atoms with Gasteiger partial charge in [-0.2, -0.15) is 26.3 Å². The van der Waals surface area contributed by atoms with E-state index in [0.29, 0.717) is 68.1 Å². The van der Waals surface area contributed by atoms with Crippen LogP contribution in [0.15, 0.2) is 49.1 Å². The maximum Gasteiger partial charge on any atom is 0.418 e. The molecule has 8 rings (SSSR count). The Morgan fingerprint density at radius 1 is 0.651 bits per heavy atom. The lowest BCUT2D eigenvalue weighted by atomic mass is 9.93. The first-order valence-corrected chi connectivity index (χ1v) is 21.5. The lowest BCUT2D eigenvalue weighted by molar-refractivity contribution is -0.139. The number of nitrogens with zero attached hydrogens (tertiary/aromatic N) is 8. The number of nitrogens with two attached hydrogens (primary N) is 1. The molecule has 2 aromatic heterocycles. The summed E-state index contributed by atoms with van der Waals surface area (Å²) in [6.45, 7) is 10.7. The van der Waals surface area contributed by atoms with Gasteiger partial charge in [-0.1, -0.05) is 13.8 Å². The first-order valence-electron chi connectivity index (χ1n) is 21.5. The molecule has 4 saturated heterocycles. The van der Waals surface area contributed by atoms with Gasteiger partial charge in [-0.3, -0.25) is 29.5 Å². The van der Waals surface area contributed by atoms with Crippen molar-refractivity contribution in [2.75, 3.05) is 76.3 Å². The fourth-order valence-electron chi connectivity index (χ4n) is 8.90. The maximum atomic E-state index is 13.4. The van der Waals surface area contributed by atoms with Crippen LogP contribution >= 0.6 is 0 Å². The number of likely N-dealkylation sites (tertiary alicyclic amines) is 2. The number of hydrogen-bond donors (Lipinski definition) is 3. The normalized spacial score (nSPS) is 23.0. The molecule has 4 aliphatic heterocycles. The number of anilines is 2. The van der Waals surface area contributed by atoms with E-state index < -0.39 is 29.4 Å². The number of piperidine rings is 2. The zero-order valence-electron chi connectivity index (χ0n) is 36.2. The Labute approximate surface area is 363 Å². The molecule has 19 heteroatoms. The number of fused-ring (bicyclic) bond motifs is 2. The van der Waals surface area contributed by atoms with Gasteiger partial charge in [-0.15, -0.1) is 0 Å². The summed E-state index contributed by atoms with van der Waals surface area (Å²) in [5.74, 6) is 0.709. The lowest BCUT2D eigenvalue weighted by Gasteiger charge is -2.29. The number of benzene rings is 2. The van der Waals surface area contributed by atoms with Crippen molar-refractivity contribution in [3.63, 3.8) is 0 Å². The molecule has 0 unspecified atom stereocenters. The van der Waals surface area contributed by atoms with Crippen molar-refractivity contribution < 1.29 is 41.0 Å². The van der Waals surface area contributed by atoms with Gasteiger partial charge < -0.3 is 35.8 Å². The van der Waals surface area contributed by atoms with Gasteiger partial charge in [0.25, 0.3) is 0 Å². The fourth-order valence-corrected chi connectivity index (χ4v) is 8.90. The summed E-state index contributed by atoms with van der Waals surface area (Å²) in [6.07, 6.45) is 1.48. The Hall–Kier alpha value is -4.88. The second-order valence-corrected chi connectivity index (χ2v) is 17.7. The number of aromatic nitrogens is 4. The monoisotopic (exact) mass is 888 g/mol. The molecule has 344 valence electrons. The van der Waals surface area contributed by atoms with Crippen molar-refractivity contribution >= 4 is 45.3 Å². The van der Waals surface area contributed by atoms with Crippen LogP contribution in [-0.2, 0) is 21.9 Å². The van der Waals surface area contributed by atoms with Crippen molar-refractivity contribution in [2.45, 2.75) is 76.8 Å². The highest BCUT2D eigenvalue weighted by molar-refractivity contribution is 5.92. The number of rotatable bonds is 7. The van der Waals surface area contributed by atoms with Crippen LogP contribution in [0.4, 0.5) is 37.7 Å². The Kier molecular flexibility index (Phi) is 15.3. The Balaban J connectivity index is 0.000000177. The number of aliphatic carboxylic acids is 1. The van der Waals surface area contributed by atoms with E-state index in [4.69, 9.17) is 10.8 Å². The van der Waals surface area contributed by atoms with Crippen molar-refractivity contribution in [3.8, 4) is 0 Å². The highest BCUT2D eigenvalue weighted by Gasteiger charge is 2.38. The lowest BCUT2D eigenvalue weighted by Crippen LogP contribution is -2.41. The average molecular weight is 889 g/mol. The largest absolute Gasteiger partial charge is 0.481 e. The number of amides is 1. The third kappa shape index (κ3) is 12.2. The average Bonchev–Trinajstić information content (AvgIpc) is 3.77. The number of hydrogen-bond acceptors (Lipinski definition) is 11. The quantitative estimate of drug-likeness (QED) is 0.172. The molecule has 13 nitrogen and oxygen atoms in total. The highest BCUT2D eigenvalue weighted by Crippen LogP contribution is 2.39. The number of carbonyl (C=O) groups excluding carboxylic acids is 1. The van der Waals surface area contributed by atoms with Crippen LogP contribution in [0.5, 0.6) is 0 Å². The van der Waals surface area contributed by atoms with Gasteiger partial charge in [-0.05, 0) is 114 Å². The van der Waals surface area contributed by atoms with Gasteiger partial charge in [0, 0.05) is 69.8 Å². The van der Waals surface area contributed by atoms with Crippen LogP contribution in [0, 0.1) is 23.7 Å². The van der Waals surface area contributed by atoms with E-state index in [2.05, 4.69) is 56.1 Å². The predicted octanol–water partition coefficient (Wildman–Crippen LogP) is 6.56. The van der Waals surface area contributed by atoms with E-state index in [0.717, 1.165) is 64.0 Å². The first kappa shape index (κ1) is 47.6. The number of alkyl halides is 6. The topological polar surface area (TPSA) is 157 Å². The van der Waals surface area contributed by atoms with Crippen molar-refractivity contribution in [2.24, 2.45) is 29.4 Å². The predicted molar refractivity (Wildman–Crippen MR) is 229 cm³/mol. The minimum absolute atomic E-state index is 0.0130. The SMILES string of the molecule is CN1CCC(CC(=O)O)CC1.C[C@@H]1CN(c2ccc(C(F)(F)F)c3nccnc23)C[C@@H]1N.C[C@@H]1CN(c2ccc(C(F)(F)F)c3nccnc23)C[C@@H]1NC(=O)CC1CCN(C)CC1.